The monoisotopic (exact) mass is 180 g/mol. The van der Waals surface area contributed by atoms with E-state index in [0.717, 1.165) is 23.5 Å². The summed E-state index contributed by atoms with van der Waals surface area (Å²) < 4.78 is 0. The number of hydrogen-bond donors (Lipinski definition) is 4. The second-order valence-electron chi connectivity index (χ2n) is 2.82. The summed E-state index contributed by atoms with van der Waals surface area (Å²) in [5.74, 6) is 0. The van der Waals surface area contributed by atoms with E-state index in [0.29, 0.717) is 6.67 Å². The van der Waals surface area contributed by atoms with E-state index in [4.69, 9.17) is 11.5 Å². The molecule has 4 nitrogen and oxygen atoms in total. The van der Waals surface area contributed by atoms with Crippen LogP contribution in [0.1, 0.15) is 5.56 Å². The van der Waals surface area contributed by atoms with E-state index in [-0.39, 0.29) is 0 Å². The van der Waals surface area contributed by atoms with Gasteiger partial charge in [0.05, 0.1) is 6.67 Å². The highest BCUT2D eigenvalue weighted by atomic mass is 15.0. The Balaban J connectivity index is 2.83. The topological polar surface area (TPSA) is 76.1 Å². The minimum atomic E-state index is 0.433. The maximum absolute atomic E-state index is 5.77. The lowest BCUT2D eigenvalue weighted by Gasteiger charge is -2.08. The van der Waals surface area contributed by atoms with Gasteiger partial charge < -0.3 is 22.1 Å². The van der Waals surface area contributed by atoms with Gasteiger partial charge in [-0.2, -0.15) is 0 Å². The van der Waals surface area contributed by atoms with Crippen LogP contribution < -0.4 is 22.1 Å². The van der Waals surface area contributed by atoms with E-state index >= 15 is 0 Å². The molecule has 0 spiro atoms. The van der Waals surface area contributed by atoms with E-state index in [2.05, 4.69) is 10.6 Å². The zero-order valence-corrected chi connectivity index (χ0v) is 7.80. The highest BCUT2D eigenvalue weighted by Crippen LogP contribution is 2.17. The summed E-state index contributed by atoms with van der Waals surface area (Å²) in [6.45, 7) is 1.20. The Hall–Kier alpha value is -1.26. The zero-order valence-electron chi connectivity index (χ0n) is 7.80. The zero-order chi connectivity index (χ0) is 9.68. The Bertz CT molecular complexity index is 272. The lowest BCUT2D eigenvalue weighted by molar-refractivity contribution is 0.820. The summed E-state index contributed by atoms with van der Waals surface area (Å²) in [5, 5.41) is 6.08. The predicted octanol–water partition coefficient (Wildman–Crippen LogP) is 0.316. The lowest BCUT2D eigenvalue weighted by Crippen LogP contribution is -2.12. The van der Waals surface area contributed by atoms with E-state index in [1.807, 2.05) is 25.2 Å². The van der Waals surface area contributed by atoms with Gasteiger partial charge in [0.25, 0.3) is 0 Å². The average molecular weight is 180 g/mol. The highest BCUT2D eigenvalue weighted by Gasteiger charge is 1.98. The summed E-state index contributed by atoms with van der Waals surface area (Å²) in [4.78, 5) is 0. The number of hydrogen-bond acceptors (Lipinski definition) is 4. The van der Waals surface area contributed by atoms with E-state index < -0.39 is 0 Å². The second-order valence-corrected chi connectivity index (χ2v) is 2.82. The fourth-order valence-electron chi connectivity index (χ4n) is 1.18. The van der Waals surface area contributed by atoms with Gasteiger partial charge in [-0.15, -0.1) is 0 Å². The molecule has 0 aliphatic heterocycles. The van der Waals surface area contributed by atoms with Crippen molar-refractivity contribution in [3.8, 4) is 0 Å². The van der Waals surface area contributed by atoms with Crippen molar-refractivity contribution >= 4 is 11.4 Å². The van der Waals surface area contributed by atoms with E-state index in [1.54, 1.807) is 0 Å². The van der Waals surface area contributed by atoms with Gasteiger partial charge in [-0.25, -0.2) is 0 Å². The lowest BCUT2D eigenvalue weighted by atomic mass is 10.1. The molecule has 0 bridgehead atoms. The van der Waals surface area contributed by atoms with Crippen molar-refractivity contribution in [2.75, 3.05) is 24.8 Å². The van der Waals surface area contributed by atoms with Gasteiger partial charge in [0.2, 0.25) is 0 Å². The number of nitrogens with two attached hydrogens (primary N) is 2. The minimum absolute atomic E-state index is 0.433. The Morgan fingerprint density at radius 1 is 1.38 bits per heavy atom. The molecular formula is C9H16N4. The van der Waals surface area contributed by atoms with Gasteiger partial charge in [0.1, 0.15) is 0 Å². The normalized spacial score (nSPS) is 10.0. The van der Waals surface area contributed by atoms with Gasteiger partial charge in [0, 0.05) is 17.9 Å². The molecule has 0 aromatic heterocycles. The van der Waals surface area contributed by atoms with Crippen molar-refractivity contribution in [3.05, 3.63) is 23.8 Å². The number of rotatable bonds is 4. The van der Waals surface area contributed by atoms with Crippen molar-refractivity contribution in [2.24, 2.45) is 5.73 Å². The first-order valence-corrected chi connectivity index (χ1v) is 4.25. The number of benzene rings is 1. The standard InChI is InChI=1S/C9H16N4/c1-12-5-7-4-8(13-6-10)2-3-9(7)11/h2-4,12-13H,5-6,10-11H2,1H3. The Morgan fingerprint density at radius 3 is 2.77 bits per heavy atom. The molecule has 0 radical (unpaired) electrons. The SMILES string of the molecule is CNCc1cc(NCN)ccc1N. The fraction of sp³-hybridized carbons (Fsp3) is 0.333. The number of anilines is 2. The summed E-state index contributed by atoms with van der Waals surface area (Å²) in [6, 6.07) is 5.80. The minimum Gasteiger partial charge on any atom is -0.398 e. The molecule has 0 aliphatic rings. The van der Waals surface area contributed by atoms with Gasteiger partial charge in [-0.05, 0) is 30.8 Å². The fourth-order valence-corrected chi connectivity index (χ4v) is 1.18. The van der Waals surface area contributed by atoms with Crippen LogP contribution in [0.15, 0.2) is 18.2 Å². The van der Waals surface area contributed by atoms with Crippen LogP contribution in [0.3, 0.4) is 0 Å². The van der Waals surface area contributed by atoms with Crippen LogP contribution in [0.2, 0.25) is 0 Å². The molecule has 72 valence electrons. The molecule has 0 aliphatic carbocycles. The molecule has 0 saturated carbocycles. The average Bonchev–Trinajstić information content (AvgIpc) is 2.12. The first-order valence-electron chi connectivity index (χ1n) is 4.25. The molecule has 0 amide bonds. The van der Waals surface area contributed by atoms with Crippen LogP contribution in [-0.4, -0.2) is 13.7 Å². The molecule has 1 aromatic rings. The van der Waals surface area contributed by atoms with Gasteiger partial charge in [-0.3, -0.25) is 0 Å². The summed E-state index contributed by atoms with van der Waals surface area (Å²) in [5.41, 5.74) is 14.0. The summed E-state index contributed by atoms with van der Waals surface area (Å²) in [7, 11) is 1.89. The third-order valence-corrected chi connectivity index (χ3v) is 1.82. The van der Waals surface area contributed by atoms with Crippen molar-refractivity contribution in [2.45, 2.75) is 6.54 Å². The molecular weight excluding hydrogens is 164 g/mol. The molecule has 0 fully saturated rings. The van der Waals surface area contributed by atoms with E-state index in [9.17, 15) is 0 Å². The maximum Gasteiger partial charge on any atom is 0.0628 e. The summed E-state index contributed by atoms with van der Waals surface area (Å²) in [6.07, 6.45) is 0. The molecule has 4 heteroatoms. The molecule has 6 N–H and O–H groups in total. The molecule has 13 heavy (non-hydrogen) atoms. The van der Waals surface area contributed by atoms with Crippen molar-refractivity contribution in [1.29, 1.82) is 0 Å². The van der Waals surface area contributed by atoms with Gasteiger partial charge in [0.15, 0.2) is 0 Å². The second kappa shape index (κ2) is 4.69. The van der Waals surface area contributed by atoms with Crippen LogP contribution >= 0.6 is 0 Å². The molecule has 0 unspecified atom stereocenters. The van der Waals surface area contributed by atoms with Crippen LogP contribution in [0.25, 0.3) is 0 Å². The molecule has 0 heterocycles. The van der Waals surface area contributed by atoms with Gasteiger partial charge in [-0.1, -0.05) is 0 Å². The van der Waals surface area contributed by atoms with Crippen LogP contribution in [0.4, 0.5) is 11.4 Å². The largest absolute Gasteiger partial charge is 0.398 e. The molecule has 0 saturated heterocycles. The first-order chi connectivity index (χ1) is 6.27. The molecule has 0 atom stereocenters. The molecule has 1 aromatic carbocycles. The Labute approximate surface area is 78.3 Å². The van der Waals surface area contributed by atoms with Crippen LogP contribution in [0.5, 0.6) is 0 Å². The number of nitrogen functional groups attached to an aromatic ring is 1. The number of nitrogens with one attached hydrogen (secondary N) is 2. The Kier molecular flexibility index (Phi) is 3.54. The van der Waals surface area contributed by atoms with Crippen molar-refractivity contribution in [3.63, 3.8) is 0 Å². The molecule has 1 rings (SSSR count). The third kappa shape index (κ3) is 2.61. The first kappa shape index (κ1) is 9.83. The van der Waals surface area contributed by atoms with Crippen LogP contribution in [0, 0.1) is 0 Å². The smallest absolute Gasteiger partial charge is 0.0628 e. The van der Waals surface area contributed by atoms with Crippen LogP contribution in [-0.2, 0) is 6.54 Å². The summed E-state index contributed by atoms with van der Waals surface area (Å²) >= 11 is 0. The van der Waals surface area contributed by atoms with Crippen molar-refractivity contribution in [1.82, 2.24) is 5.32 Å². The predicted molar refractivity (Wildman–Crippen MR) is 56.3 cm³/mol. The van der Waals surface area contributed by atoms with Gasteiger partial charge >= 0.3 is 0 Å². The quantitative estimate of drug-likeness (QED) is 0.397. The maximum atomic E-state index is 5.77. The Morgan fingerprint density at radius 2 is 2.15 bits per heavy atom. The highest BCUT2D eigenvalue weighted by molar-refractivity contribution is 5.57. The van der Waals surface area contributed by atoms with Crippen molar-refractivity contribution < 1.29 is 0 Å². The van der Waals surface area contributed by atoms with E-state index in [1.165, 1.54) is 0 Å². The third-order valence-electron chi connectivity index (χ3n) is 1.82.